The number of rotatable bonds is 8. The third kappa shape index (κ3) is 13.1. The van der Waals surface area contributed by atoms with Gasteiger partial charge in [-0.1, -0.05) is 221 Å². The van der Waals surface area contributed by atoms with Crippen molar-refractivity contribution >= 4 is 63.9 Å². The first kappa shape index (κ1) is 48.4. The molecule has 0 atom stereocenters. The Morgan fingerprint density at radius 1 is 0.367 bits per heavy atom. The molecule has 0 bridgehead atoms. The van der Waals surface area contributed by atoms with E-state index >= 15 is 0 Å². The molecule has 0 saturated carbocycles. The molecule has 2 N–H and O–H groups in total. The zero-order chi connectivity index (χ0) is 42.2. The standard InChI is InChI=1S/2C18H16OSi.C11H21Si2.C6H5.Zr/c2*19-20(16-10-4-1-5-11-16,17-12-6-2-7-13-17)18-14-8-3-9-15-18;1-12(2,3)10-7-8-11(9-10)13(4,5)6;1-2-4-6-5-3-1;/h2*1-15,19H;7H,8H2,1-6H3;1-5H;/q;;2*-1;+2. The molecule has 0 unspecified atom stereocenters. The fraction of sp³-hybridized carbons (Fsp3) is 0.132. The van der Waals surface area contributed by atoms with Gasteiger partial charge in [0.2, 0.25) is 0 Å². The monoisotopic (exact) mass is 928 g/mol. The molecule has 60 heavy (non-hydrogen) atoms. The van der Waals surface area contributed by atoms with Crippen LogP contribution in [0.25, 0.3) is 0 Å². The van der Waals surface area contributed by atoms with E-state index in [0.717, 1.165) is 31.1 Å². The second-order valence-corrected chi connectivity index (χ2v) is 33.1. The van der Waals surface area contributed by atoms with Crippen LogP contribution in [-0.4, -0.2) is 42.4 Å². The Kier molecular flexibility index (Phi) is 18.6. The van der Waals surface area contributed by atoms with Gasteiger partial charge in [-0.15, -0.1) is 6.42 Å². The summed E-state index contributed by atoms with van der Waals surface area (Å²) in [6, 6.07) is 72.4. The van der Waals surface area contributed by atoms with Crippen molar-refractivity contribution in [2.45, 2.75) is 45.7 Å². The molecule has 8 rings (SSSR count). The minimum atomic E-state index is -2.88. The molecule has 7 heteroatoms. The quantitative estimate of drug-likeness (QED) is 0.0912. The van der Waals surface area contributed by atoms with Gasteiger partial charge in [-0.2, -0.15) is 41.6 Å². The van der Waals surface area contributed by atoms with E-state index in [-0.39, 0.29) is 26.2 Å². The molecular formula is C53H58O2Si4Zr. The fourth-order valence-electron chi connectivity index (χ4n) is 6.87. The van der Waals surface area contributed by atoms with Gasteiger partial charge in [0.25, 0.3) is 16.6 Å². The van der Waals surface area contributed by atoms with Crippen LogP contribution in [-0.2, 0) is 26.2 Å². The molecule has 1 aliphatic carbocycles. The van der Waals surface area contributed by atoms with Crippen LogP contribution >= 0.6 is 0 Å². The third-order valence-electron chi connectivity index (χ3n) is 10.3. The Bertz CT molecular complexity index is 1970. The summed E-state index contributed by atoms with van der Waals surface area (Å²) in [5, 5.41) is 9.23. The molecule has 0 fully saturated rings. The van der Waals surface area contributed by atoms with E-state index in [2.05, 4.69) is 57.5 Å². The summed E-state index contributed by atoms with van der Waals surface area (Å²) in [7, 11) is -7.92. The number of benzene rings is 7. The topological polar surface area (TPSA) is 40.5 Å². The molecule has 7 aromatic carbocycles. The van der Waals surface area contributed by atoms with Crippen LogP contribution in [0.1, 0.15) is 6.42 Å². The predicted octanol–water partition coefficient (Wildman–Crippen LogP) is 8.58. The zero-order valence-corrected chi connectivity index (χ0v) is 42.3. The maximum absolute atomic E-state index is 11.6. The Morgan fingerprint density at radius 3 is 0.767 bits per heavy atom. The molecule has 2 nitrogen and oxygen atoms in total. The van der Waals surface area contributed by atoms with Crippen LogP contribution in [0.4, 0.5) is 0 Å². The first-order chi connectivity index (χ1) is 28.3. The van der Waals surface area contributed by atoms with Crippen molar-refractivity contribution in [2.24, 2.45) is 0 Å². The smallest absolute Gasteiger partial charge is 0.421 e. The molecule has 0 saturated heterocycles. The van der Waals surface area contributed by atoms with Gasteiger partial charge >= 0.3 is 26.2 Å². The maximum atomic E-state index is 11.6. The van der Waals surface area contributed by atoms with Gasteiger partial charge in [-0.25, -0.2) is 11.3 Å². The molecule has 0 radical (unpaired) electrons. The van der Waals surface area contributed by atoms with Crippen molar-refractivity contribution in [1.82, 2.24) is 0 Å². The van der Waals surface area contributed by atoms with Crippen LogP contribution < -0.4 is 31.1 Å². The maximum Gasteiger partial charge on any atom is 2.00 e. The largest absolute Gasteiger partial charge is 2.00 e. The molecular weight excluding hydrogens is 872 g/mol. The Balaban J connectivity index is 0.000000187. The minimum absolute atomic E-state index is 0. The van der Waals surface area contributed by atoms with E-state index < -0.39 is 32.8 Å². The summed E-state index contributed by atoms with van der Waals surface area (Å²) in [5.41, 5.74) is 0. The van der Waals surface area contributed by atoms with E-state index in [9.17, 15) is 9.59 Å². The van der Waals surface area contributed by atoms with Crippen molar-refractivity contribution < 1.29 is 35.8 Å². The summed E-state index contributed by atoms with van der Waals surface area (Å²) < 4.78 is 0. The number of hydrogen-bond donors (Lipinski definition) is 2. The number of hydrogen-bond acceptors (Lipinski definition) is 2. The molecule has 1 aliphatic rings. The Labute approximate surface area is 383 Å². The van der Waals surface area contributed by atoms with Crippen LogP contribution in [0.3, 0.4) is 0 Å². The first-order valence-corrected chi connectivity index (χ1v) is 31.3. The van der Waals surface area contributed by atoms with Gasteiger partial charge in [0.05, 0.1) is 8.07 Å². The van der Waals surface area contributed by atoms with Crippen molar-refractivity contribution in [3.05, 3.63) is 241 Å². The van der Waals surface area contributed by atoms with E-state index in [4.69, 9.17) is 0 Å². The molecule has 302 valence electrons. The van der Waals surface area contributed by atoms with Gasteiger partial charge in [0, 0.05) is 8.07 Å². The van der Waals surface area contributed by atoms with Crippen LogP contribution in [0.5, 0.6) is 0 Å². The third-order valence-corrected chi connectivity index (χ3v) is 21.4. The Hall–Kier alpha value is -4.31. The Morgan fingerprint density at radius 2 is 0.617 bits per heavy atom. The molecule has 7 aromatic rings. The van der Waals surface area contributed by atoms with Crippen molar-refractivity contribution in [3.8, 4) is 0 Å². The SMILES string of the molecule is C[Si](C)(C)C1=[C-]C([Si](C)(C)C)=CC1.O[Si](c1ccccc1)(c1ccccc1)c1ccccc1.O[Si](c1ccccc1)(c1ccccc1)c1ccccc1.[Zr+2].[c-]1ccccc1. The van der Waals surface area contributed by atoms with Crippen LogP contribution in [0.15, 0.2) is 229 Å². The summed E-state index contributed by atoms with van der Waals surface area (Å²) in [5.74, 6) is 0. The van der Waals surface area contributed by atoms with E-state index in [0.29, 0.717) is 0 Å². The second-order valence-electron chi connectivity index (χ2n) is 16.6. The molecule has 0 spiro atoms. The summed E-state index contributed by atoms with van der Waals surface area (Å²) in [6.45, 7) is 14.4. The molecule has 0 amide bonds. The van der Waals surface area contributed by atoms with E-state index in [1.54, 1.807) is 10.4 Å². The van der Waals surface area contributed by atoms with Crippen molar-refractivity contribution in [2.75, 3.05) is 0 Å². The van der Waals surface area contributed by atoms with Gasteiger partial charge in [0.1, 0.15) is 0 Å². The molecule has 0 aromatic heterocycles. The normalized spacial score (nSPS) is 12.3. The second kappa shape index (κ2) is 23.1. The van der Waals surface area contributed by atoms with Crippen LogP contribution in [0, 0.1) is 12.1 Å². The average Bonchev–Trinajstić information content (AvgIpc) is 3.82. The molecule has 0 heterocycles. The minimum Gasteiger partial charge on any atom is -0.421 e. The van der Waals surface area contributed by atoms with E-state index in [1.165, 1.54) is 6.42 Å². The van der Waals surface area contributed by atoms with Gasteiger partial charge < -0.3 is 9.59 Å². The van der Waals surface area contributed by atoms with Gasteiger partial charge in [-0.3, -0.25) is 6.08 Å². The van der Waals surface area contributed by atoms with Gasteiger partial charge in [0.15, 0.2) is 0 Å². The van der Waals surface area contributed by atoms with Crippen LogP contribution in [0.2, 0.25) is 39.3 Å². The fourth-order valence-corrected chi connectivity index (χ4v) is 15.5. The zero-order valence-electron chi connectivity index (χ0n) is 35.9. The number of allylic oxidation sites excluding steroid dienone is 4. The predicted molar refractivity (Wildman–Crippen MR) is 264 cm³/mol. The van der Waals surface area contributed by atoms with E-state index in [1.807, 2.05) is 212 Å². The summed E-state index contributed by atoms with van der Waals surface area (Å²) in [4.78, 5) is 23.1. The first-order valence-electron chi connectivity index (χ1n) is 20.4. The average molecular weight is 931 g/mol. The van der Waals surface area contributed by atoms with Crippen molar-refractivity contribution in [1.29, 1.82) is 0 Å². The van der Waals surface area contributed by atoms with Gasteiger partial charge in [-0.05, 0) is 31.1 Å². The van der Waals surface area contributed by atoms with Crippen molar-refractivity contribution in [3.63, 3.8) is 0 Å². The molecule has 0 aliphatic heterocycles. The summed E-state index contributed by atoms with van der Waals surface area (Å²) in [6.07, 6.45) is 7.28. The summed E-state index contributed by atoms with van der Waals surface area (Å²) >= 11 is 0.